The van der Waals surface area contributed by atoms with E-state index in [0.717, 1.165) is 43.9 Å². The van der Waals surface area contributed by atoms with Crippen LogP contribution in [0.5, 0.6) is 0 Å². The van der Waals surface area contributed by atoms with Gasteiger partial charge in [0.2, 0.25) is 5.91 Å². The molecule has 1 aromatic heterocycles. The number of rotatable bonds is 5. The lowest BCUT2D eigenvalue weighted by Crippen LogP contribution is -2.30. The highest BCUT2D eigenvalue weighted by Crippen LogP contribution is 2.18. The molecule has 20 heavy (non-hydrogen) atoms. The van der Waals surface area contributed by atoms with Crippen LogP contribution in [0.3, 0.4) is 0 Å². The second-order valence-electron chi connectivity index (χ2n) is 5.57. The summed E-state index contributed by atoms with van der Waals surface area (Å²) >= 11 is 0. The molecule has 2 heterocycles. The summed E-state index contributed by atoms with van der Waals surface area (Å²) in [5.74, 6) is 1.67. The maximum Gasteiger partial charge on any atom is 0.222 e. The van der Waals surface area contributed by atoms with Crippen LogP contribution in [0.4, 0.5) is 5.82 Å². The normalized spacial score (nSPS) is 19.8. The number of carbonyl (C=O) groups excluding carboxylic acids is 1. The molecule has 1 fully saturated rings. The van der Waals surface area contributed by atoms with Gasteiger partial charge in [0.25, 0.3) is 0 Å². The number of carbonyl (C=O) groups is 1. The first-order valence-electron chi connectivity index (χ1n) is 7.51. The lowest BCUT2D eigenvalue weighted by Gasteiger charge is -2.20. The van der Waals surface area contributed by atoms with Crippen molar-refractivity contribution in [2.45, 2.75) is 46.1 Å². The Hall–Kier alpha value is -1.65. The van der Waals surface area contributed by atoms with Gasteiger partial charge in [0.15, 0.2) is 0 Å². The Balaban J connectivity index is 1.93. The van der Waals surface area contributed by atoms with Gasteiger partial charge in [0.05, 0.1) is 24.6 Å². The highest BCUT2D eigenvalue weighted by molar-refractivity contribution is 5.76. The van der Waals surface area contributed by atoms with Crippen molar-refractivity contribution in [3.63, 3.8) is 0 Å². The molecule has 0 radical (unpaired) electrons. The molecule has 1 N–H and O–H groups in total. The third-order valence-electron chi connectivity index (χ3n) is 3.71. The van der Waals surface area contributed by atoms with E-state index in [2.05, 4.69) is 29.1 Å². The van der Waals surface area contributed by atoms with Gasteiger partial charge in [-0.15, -0.1) is 0 Å². The lowest BCUT2D eigenvalue weighted by atomic mass is 10.0. The van der Waals surface area contributed by atoms with Crippen LogP contribution in [-0.4, -0.2) is 33.9 Å². The predicted octanol–water partition coefficient (Wildman–Crippen LogP) is 2.45. The van der Waals surface area contributed by atoms with Crippen molar-refractivity contribution in [2.24, 2.45) is 5.92 Å². The van der Waals surface area contributed by atoms with Crippen molar-refractivity contribution >= 4 is 11.7 Å². The number of nitrogens with zero attached hydrogens (tertiary/aromatic N) is 3. The minimum absolute atomic E-state index is 0.240. The summed E-state index contributed by atoms with van der Waals surface area (Å²) < 4.78 is 0. The van der Waals surface area contributed by atoms with E-state index in [1.54, 1.807) is 12.4 Å². The first-order valence-corrected chi connectivity index (χ1v) is 7.51. The Bertz CT molecular complexity index is 432. The Kier molecular flexibility index (Phi) is 5.32. The number of hydrogen-bond acceptors (Lipinski definition) is 4. The molecule has 0 aromatic carbocycles. The van der Waals surface area contributed by atoms with Gasteiger partial charge < -0.3 is 10.2 Å². The first-order chi connectivity index (χ1) is 9.69. The van der Waals surface area contributed by atoms with Gasteiger partial charge in [0, 0.05) is 19.5 Å². The van der Waals surface area contributed by atoms with E-state index < -0.39 is 0 Å². The SMILES string of the molecule is CCCNc1cnc(CN2CCC(C)CCC2=O)cn1. The zero-order chi connectivity index (χ0) is 14.4. The Morgan fingerprint density at radius 1 is 1.35 bits per heavy atom. The number of anilines is 1. The van der Waals surface area contributed by atoms with Gasteiger partial charge in [-0.05, 0) is 25.2 Å². The molecule has 2 rings (SSSR count). The van der Waals surface area contributed by atoms with Gasteiger partial charge in [-0.2, -0.15) is 0 Å². The van der Waals surface area contributed by atoms with Crippen LogP contribution in [0.2, 0.25) is 0 Å². The second kappa shape index (κ2) is 7.22. The van der Waals surface area contributed by atoms with Crippen LogP contribution in [0.25, 0.3) is 0 Å². The zero-order valence-corrected chi connectivity index (χ0v) is 12.4. The van der Waals surface area contributed by atoms with E-state index in [0.29, 0.717) is 18.9 Å². The van der Waals surface area contributed by atoms with E-state index in [1.165, 1.54) is 0 Å². The molecule has 0 saturated carbocycles. The van der Waals surface area contributed by atoms with E-state index >= 15 is 0 Å². The summed E-state index contributed by atoms with van der Waals surface area (Å²) in [5.41, 5.74) is 0.856. The molecule has 5 nitrogen and oxygen atoms in total. The maximum absolute atomic E-state index is 12.0. The molecular weight excluding hydrogens is 252 g/mol. The zero-order valence-electron chi connectivity index (χ0n) is 12.4. The Labute approximate surface area is 120 Å². The number of hydrogen-bond donors (Lipinski definition) is 1. The van der Waals surface area contributed by atoms with Gasteiger partial charge in [-0.25, -0.2) is 4.98 Å². The average Bonchev–Trinajstić information content (AvgIpc) is 2.62. The van der Waals surface area contributed by atoms with E-state index in [-0.39, 0.29) is 5.91 Å². The number of amides is 1. The van der Waals surface area contributed by atoms with Crippen LogP contribution in [-0.2, 0) is 11.3 Å². The Morgan fingerprint density at radius 2 is 2.20 bits per heavy atom. The molecule has 0 aliphatic carbocycles. The summed E-state index contributed by atoms with van der Waals surface area (Å²) in [6, 6.07) is 0. The van der Waals surface area contributed by atoms with Crippen LogP contribution in [0.1, 0.15) is 45.2 Å². The predicted molar refractivity (Wildman–Crippen MR) is 79.2 cm³/mol. The van der Waals surface area contributed by atoms with Gasteiger partial charge in [-0.3, -0.25) is 9.78 Å². The molecule has 0 spiro atoms. The van der Waals surface area contributed by atoms with E-state index in [1.807, 2.05) is 4.90 Å². The molecular formula is C15H24N4O. The summed E-state index contributed by atoms with van der Waals surface area (Å²) in [5, 5.41) is 3.20. The molecule has 1 atom stereocenters. The Morgan fingerprint density at radius 3 is 2.90 bits per heavy atom. The molecule has 0 bridgehead atoms. The fraction of sp³-hybridized carbons (Fsp3) is 0.667. The maximum atomic E-state index is 12.0. The van der Waals surface area contributed by atoms with Gasteiger partial charge >= 0.3 is 0 Å². The fourth-order valence-electron chi connectivity index (χ4n) is 2.32. The van der Waals surface area contributed by atoms with Crippen molar-refractivity contribution in [3.05, 3.63) is 18.1 Å². The van der Waals surface area contributed by atoms with Crippen molar-refractivity contribution < 1.29 is 4.79 Å². The summed E-state index contributed by atoms with van der Waals surface area (Å²) in [7, 11) is 0. The molecule has 1 saturated heterocycles. The largest absolute Gasteiger partial charge is 0.369 e. The second-order valence-corrected chi connectivity index (χ2v) is 5.57. The molecule has 110 valence electrons. The summed E-state index contributed by atoms with van der Waals surface area (Å²) in [6.07, 6.45) is 7.31. The van der Waals surface area contributed by atoms with Crippen LogP contribution >= 0.6 is 0 Å². The summed E-state index contributed by atoms with van der Waals surface area (Å²) in [4.78, 5) is 22.7. The summed E-state index contributed by atoms with van der Waals surface area (Å²) in [6.45, 7) is 6.63. The van der Waals surface area contributed by atoms with Crippen molar-refractivity contribution in [2.75, 3.05) is 18.4 Å². The fourth-order valence-corrected chi connectivity index (χ4v) is 2.32. The number of nitrogens with one attached hydrogen (secondary N) is 1. The number of aromatic nitrogens is 2. The van der Waals surface area contributed by atoms with Crippen molar-refractivity contribution in [3.8, 4) is 0 Å². The van der Waals surface area contributed by atoms with E-state index in [9.17, 15) is 4.79 Å². The van der Waals surface area contributed by atoms with Crippen LogP contribution in [0.15, 0.2) is 12.4 Å². The molecule has 1 aromatic rings. The molecule has 5 heteroatoms. The van der Waals surface area contributed by atoms with Crippen molar-refractivity contribution in [1.82, 2.24) is 14.9 Å². The smallest absolute Gasteiger partial charge is 0.222 e. The van der Waals surface area contributed by atoms with Crippen LogP contribution < -0.4 is 5.32 Å². The molecule has 1 aliphatic rings. The van der Waals surface area contributed by atoms with E-state index in [4.69, 9.17) is 0 Å². The highest BCUT2D eigenvalue weighted by Gasteiger charge is 2.20. The first kappa shape index (κ1) is 14.8. The standard InChI is InChI=1S/C15H24N4O/c1-3-7-16-14-10-17-13(9-18-14)11-19-8-6-12(2)4-5-15(19)20/h9-10,12H,3-8,11H2,1-2H3,(H,16,18). The van der Waals surface area contributed by atoms with Gasteiger partial charge in [-0.1, -0.05) is 13.8 Å². The highest BCUT2D eigenvalue weighted by atomic mass is 16.2. The van der Waals surface area contributed by atoms with Gasteiger partial charge in [0.1, 0.15) is 5.82 Å². The van der Waals surface area contributed by atoms with Crippen molar-refractivity contribution in [1.29, 1.82) is 0 Å². The van der Waals surface area contributed by atoms with Crippen LogP contribution in [0, 0.1) is 5.92 Å². The third kappa shape index (κ3) is 4.18. The molecule has 1 amide bonds. The minimum Gasteiger partial charge on any atom is -0.369 e. The minimum atomic E-state index is 0.240. The molecule has 1 unspecified atom stereocenters. The number of likely N-dealkylation sites (tertiary alicyclic amines) is 1. The third-order valence-corrected chi connectivity index (χ3v) is 3.71. The molecule has 1 aliphatic heterocycles. The quantitative estimate of drug-likeness (QED) is 0.897. The average molecular weight is 276 g/mol. The lowest BCUT2D eigenvalue weighted by molar-refractivity contribution is -0.131. The monoisotopic (exact) mass is 276 g/mol. The topological polar surface area (TPSA) is 58.1 Å².